The van der Waals surface area contributed by atoms with Crippen LogP contribution >= 0.6 is 35.6 Å². The van der Waals surface area contributed by atoms with Crippen LogP contribution in [0.5, 0.6) is 0 Å². The average Bonchev–Trinajstić information content (AvgIpc) is 3.29. The summed E-state index contributed by atoms with van der Waals surface area (Å²) in [6.07, 6.45) is 0. The molecule has 3 aromatic carbocycles. The van der Waals surface area contributed by atoms with Crippen molar-refractivity contribution in [3.63, 3.8) is 0 Å². The van der Waals surface area contributed by atoms with Gasteiger partial charge in [0.2, 0.25) is 5.91 Å². The van der Waals surface area contributed by atoms with E-state index in [4.69, 9.17) is 23.8 Å². The fraction of sp³-hybridized carbons (Fsp3) is 0.111. The van der Waals surface area contributed by atoms with Crippen molar-refractivity contribution in [1.82, 2.24) is 4.90 Å². The largest absolute Gasteiger partial charge is 0.324 e. The molecule has 2 aliphatic heterocycles. The van der Waals surface area contributed by atoms with Crippen LogP contribution < -0.4 is 10.2 Å². The van der Waals surface area contributed by atoms with Crippen LogP contribution in [-0.2, 0) is 20.9 Å². The van der Waals surface area contributed by atoms with Gasteiger partial charge in [0.05, 0.1) is 22.7 Å². The summed E-state index contributed by atoms with van der Waals surface area (Å²) in [7, 11) is 0. The lowest BCUT2D eigenvalue weighted by Gasteiger charge is -2.17. The predicted octanol–water partition coefficient (Wildman–Crippen LogP) is 5.41. The zero-order valence-corrected chi connectivity index (χ0v) is 21.5. The average molecular weight is 534 g/mol. The van der Waals surface area contributed by atoms with E-state index in [0.29, 0.717) is 26.3 Å². The molecule has 2 aliphatic rings. The van der Waals surface area contributed by atoms with Gasteiger partial charge >= 0.3 is 0 Å². The van der Waals surface area contributed by atoms with Crippen LogP contribution in [0.15, 0.2) is 77.7 Å². The zero-order chi connectivity index (χ0) is 25.4. The number of nitrogens with zero attached hydrogens (tertiary/aromatic N) is 2. The van der Waals surface area contributed by atoms with Crippen LogP contribution in [0.3, 0.4) is 0 Å². The fourth-order valence-corrected chi connectivity index (χ4v) is 5.71. The third-order valence-corrected chi connectivity index (χ3v) is 7.82. The molecule has 0 atom stereocenters. The van der Waals surface area contributed by atoms with Crippen LogP contribution in [0.25, 0.3) is 5.57 Å². The van der Waals surface area contributed by atoms with E-state index in [1.165, 1.54) is 9.80 Å². The van der Waals surface area contributed by atoms with E-state index in [2.05, 4.69) is 5.32 Å². The maximum Gasteiger partial charge on any atom is 0.267 e. The molecule has 1 N–H and O–H groups in total. The summed E-state index contributed by atoms with van der Waals surface area (Å²) >= 11 is 12.9. The first-order chi connectivity index (χ1) is 17.3. The number of halogens is 1. The topological polar surface area (TPSA) is 69.7 Å². The monoisotopic (exact) mass is 533 g/mol. The molecule has 0 aliphatic carbocycles. The molecule has 3 amide bonds. The summed E-state index contributed by atoms with van der Waals surface area (Å²) in [6.45, 7) is 1.92. The Kier molecular flexibility index (Phi) is 6.66. The quantitative estimate of drug-likeness (QED) is 0.351. The third kappa shape index (κ3) is 4.43. The van der Waals surface area contributed by atoms with Crippen LogP contribution in [0, 0.1) is 6.92 Å². The van der Waals surface area contributed by atoms with E-state index >= 15 is 0 Å². The molecule has 0 aromatic heterocycles. The molecular formula is C27H20ClN3O3S2. The summed E-state index contributed by atoms with van der Waals surface area (Å²) in [5.74, 6) is -1.09. The van der Waals surface area contributed by atoms with Crippen molar-refractivity contribution in [2.45, 2.75) is 13.5 Å². The first-order valence-electron chi connectivity index (χ1n) is 11.1. The second kappa shape index (κ2) is 9.89. The number of carbonyl (C=O) groups excluding carboxylic acids is 3. The van der Waals surface area contributed by atoms with E-state index < -0.39 is 5.91 Å². The van der Waals surface area contributed by atoms with Crippen molar-refractivity contribution in [1.29, 1.82) is 0 Å². The van der Waals surface area contributed by atoms with E-state index in [1.54, 1.807) is 30.3 Å². The van der Waals surface area contributed by atoms with Crippen molar-refractivity contribution in [2.24, 2.45) is 0 Å². The second-order valence-electron chi connectivity index (χ2n) is 8.33. The molecule has 0 spiro atoms. The highest BCUT2D eigenvalue weighted by molar-refractivity contribution is 8.26. The van der Waals surface area contributed by atoms with Gasteiger partial charge in [-0.05, 0) is 36.2 Å². The number of benzene rings is 3. The smallest absolute Gasteiger partial charge is 0.267 e. The molecule has 36 heavy (non-hydrogen) atoms. The van der Waals surface area contributed by atoms with Gasteiger partial charge in [0.1, 0.15) is 10.9 Å². The number of hydrogen-bond acceptors (Lipinski definition) is 5. The first kappa shape index (κ1) is 24.2. The molecule has 5 rings (SSSR count). The van der Waals surface area contributed by atoms with Gasteiger partial charge in [-0.1, -0.05) is 90.2 Å². The van der Waals surface area contributed by atoms with Gasteiger partial charge in [-0.25, -0.2) is 0 Å². The standard InChI is InChI=1S/C27H20ClN3O3S2/c1-16-8-2-6-12-20(16)29-22(32)15-30-21-13-7-4-10-18(21)23(25(30)33)24-26(34)31(27(35)36-24)14-17-9-3-5-11-19(17)28/h2-13H,14-15H2,1H3,(H,29,32). The lowest BCUT2D eigenvalue weighted by Crippen LogP contribution is -2.35. The number of nitrogens with one attached hydrogen (secondary N) is 1. The van der Waals surface area contributed by atoms with Crippen molar-refractivity contribution >= 4 is 74.6 Å². The number of rotatable bonds is 5. The van der Waals surface area contributed by atoms with Gasteiger partial charge < -0.3 is 5.32 Å². The lowest BCUT2D eigenvalue weighted by atomic mass is 10.1. The predicted molar refractivity (Wildman–Crippen MR) is 148 cm³/mol. The van der Waals surface area contributed by atoms with E-state index in [0.717, 1.165) is 22.9 Å². The molecule has 3 aromatic rings. The van der Waals surface area contributed by atoms with Crippen molar-refractivity contribution in [3.05, 3.63) is 99.4 Å². The summed E-state index contributed by atoms with van der Waals surface area (Å²) in [5.41, 5.74) is 3.80. The second-order valence-corrected chi connectivity index (χ2v) is 10.4. The molecule has 2 heterocycles. The molecule has 0 unspecified atom stereocenters. The highest BCUT2D eigenvalue weighted by Crippen LogP contribution is 2.45. The summed E-state index contributed by atoms with van der Waals surface area (Å²) in [5, 5.41) is 3.40. The maximum atomic E-state index is 13.6. The van der Waals surface area contributed by atoms with Crippen molar-refractivity contribution in [3.8, 4) is 0 Å². The third-order valence-electron chi connectivity index (χ3n) is 6.01. The van der Waals surface area contributed by atoms with Gasteiger partial charge in [-0.15, -0.1) is 0 Å². The number of carbonyl (C=O) groups is 3. The van der Waals surface area contributed by atoms with E-state index in [9.17, 15) is 14.4 Å². The molecule has 180 valence electrons. The number of hydrogen-bond donors (Lipinski definition) is 1. The number of anilines is 2. The Hall–Kier alpha value is -3.46. The number of thioether (sulfide) groups is 1. The Labute approximate surface area is 222 Å². The minimum Gasteiger partial charge on any atom is -0.324 e. The van der Waals surface area contributed by atoms with E-state index in [-0.39, 0.29) is 35.4 Å². The highest BCUT2D eigenvalue weighted by Gasteiger charge is 2.42. The van der Waals surface area contributed by atoms with Crippen LogP contribution in [-0.4, -0.2) is 33.5 Å². The molecule has 0 saturated carbocycles. The maximum absolute atomic E-state index is 13.6. The Bertz CT molecular complexity index is 1470. The number of aryl methyl sites for hydroxylation is 1. The van der Waals surface area contributed by atoms with Gasteiger partial charge in [0.15, 0.2) is 0 Å². The number of para-hydroxylation sites is 2. The molecule has 0 bridgehead atoms. The van der Waals surface area contributed by atoms with Gasteiger partial charge in [0.25, 0.3) is 11.8 Å². The molecule has 0 radical (unpaired) electrons. The SMILES string of the molecule is Cc1ccccc1NC(=O)CN1C(=O)C(=C2SC(=S)N(Cc3ccccc3Cl)C2=O)c2ccccc21. The Morgan fingerprint density at radius 3 is 2.42 bits per heavy atom. The lowest BCUT2D eigenvalue weighted by molar-refractivity contribution is -0.122. The normalized spacial score (nSPS) is 17.1. The van der Waals surface area contributed by atoms with Crippen molar-refractivity contribution < 1.29 is 14.4 Å². The summed E-state index contributed by atoms with van der Waals surface area (Å²) < 4.78 is 0.350. The number of amides is 3. The molecule has 9 heteroatoms. The number of fused-ring (bicyclic) bond motifs is 1. The summed E-state index contributed by atoms with van der Waals surface area (Å²) in [4.78, 5) is 43.0. The highest BCUT2D eigenvalue weighted by atomic mass is 35.5. The van der Waals surface area contributed by atoms with Crippen LogP contribution in [0.1, 0.15) is 16.7 Å². The number of thiocarbonyl (C=S) groups is 1. The van der Waals surface area contributed by atoms with Gasteiger partial charge in [-0.2, -0.15) is 0 Å². The van der Waals surface area contributed by atoms with Crippen LogP contribution in [0.2, 0.25) is 5.02 Å². The first-order valence-corrected chi connectivity index (χ1v) is 12.7. The molecular weight excluding hydrogens is 514 g/mol. The molecule has 1 saturated heterocycles. The van der Waals surface area contributed by atoms with Crippen molar-refractivity contribution in [2.75, 3.05) is 16.8 Å². The minimum atomic E-state index is -0.408. The summed E-state index contributed by atoms with van der Waals surface area (Å²) in [6, 6.07) is 21.8. The zero-order valence-electron chi connectivity index (χ0n) is 19.2. The Morgan fingerprint density at radius 1 is 0.944 bits per heavy atom. The van der Waals surface area contributed by atoms with Gasteiger partial charge in [0, 0.05) is 16.3 Å². The fourth-order valence-electron chi connectivity index (χ4n) is 4.19. The van der Waals surface area contributed by atoms with Gasteiger partial charge in [-0.3, -0.25) is 24.2 Å². The Morgan fingerprint density at radius 2 is 1.64 bits per heavy atom. The minimum absolute atomic E-state index is 0.187. The van der Waals surface area contributed by atoms with E-state index in [1.807, 2.05) is 49.4 Å². The molecule has 1 fully saturated rings. The molecule has 6 nitrogen and oxygen atoms in total. The Balaban J connectivity index is 1.44. The van der Waals surface area contributed by atoms with Crippen LogP contribution in [0.4, 0.5) is 11.4 Å².